The number of aryl methyl sites for hydroxylation is 2. The van der Waals surface area contributed by atoms with Crippen LogP contribution in [0.5, 0.6) is 11.5 Å². The molecule has 0 saturated heterocycles. The molecule has 0 aromatic heterocycles. The van der Waals surface area contributed by atoms with Gasteiger partial charge in [0.25, 0.3) is 9.05 Å². The number of fused-ring (bicyclic) bond motifs is 2. The smallest absolute Gasteiger partial charge is 0.261 e. The first-order valence-electron chi connectivity index (χ1n) is 11.9. The molecular weight excluding hydrogens is 490 g/mol. The normalized spacial score (nSPS) is 12.5. The summed E-state index contributed by atoms with van der Waals surface area (Å²) in [6, 6.07) is 24.7. The summed E-state index contributed by atoms with van der Waals surface area (Å²) < 4.78 is 31.3. The highest BCUT2D eigenvalue weighted by molar-refractivity contribution is 8.13. The van der Waals surface area contributed by atoms with Crippen LogP contribution in [0.1, 0.15) is 36.1 Å². The van der Waals surface area contributed by atoms with Crippen LogP contribution >= 0.6 is 10.7 Å². The van der Waals surface area contributed by atoms with Crippen molar-refractivity contribution < 1.29 is 13.2 Å². The molecule has 0 bridgehead atoms. The molecule has 0 unspecified atom stereocenters. The maximum atomic E-state index is 12.5. The number of ether oxygens (including phenoxy) is 1. The van der Waals surface area contributed by atoms with Crippen molar-refractivity contribution in [2.75, 3.05) is 5.32 Å². The fraction of sp³-hybridized carbons (Fsp3) is 0.133. The molecule has 4 aromatic rings. The Hall–Kier alpha value is -3.54. The maximum Gasteiger partial charge on any atom is 0.261 e. The molecule has 182 valence electrons. The summed E-state index contributed by atoms with van der Waals surface area (Å²) in [7, 11) is 1.87. The molecule has 1 heterocycles. The second-order valence-corrected chi connectivity index (χ2v) is 11.3. The van der Waals surface area contributed by atoms with E-state index < -0.39 is 9.05 Å². The van der Waals surface area contributed by atoms with Crippen LogP contribution in [-0.2, 0) is 21.9 Å². The van der Waals surface area contributed by atoms with Gasteiger partial charge in [-0.3, -0.25) is 0 Å². The highest BCUT2D eigenvalue weighted by Crippen LogP contribution is 2.40. The van der Waals surface area contributed by atoms with Crippen molar-refractivity contribution in [2.45, 2.75) is 31.6 Å². The molecule has 5 rings (SSSR count). The zero-order valence-electron chi connectivity index (χ0n) is 20.1. The summed E-state index contributed by atoms with van der Waals surface area (Å²) in [6.07, 6.45) is 1.83. The van der Waals surface area contributed by atoms with Gasteiger partial charge in [0.15, 0.2) is 0 Å². The van der Waals surface area contributed by atoms with Gasteiger partial charge in [0.05, 0.1) is 4.90 Å². The van der Waals surface area contributed by atoms with E-state index in [-0.39, 0.29) is 4.90 Å². The first-order chi connectivity index (χ1) is 17.3. The third-order valence-electron chi connectivity index (χ3n) is 6.47. The van der Waals surface area contributed by atoms with Crippen LogP contribution in [0.15, 0.2) is 83.8 Å². The number of benzene rings is 4. The number of para-hydroxylation sites is 1. The molecule has 36 heavy (non-hydrogen) atoms. The summed E-state index contributed by atoms with van der Waals surface area (Å²) in [5, 5.41) is 5.18. The molecule has 0 atom stereocenters. The molecular formula is C30H26ClNO3S. The van der Waals surface area contributed by atoms with Gasteiger partial charge < -0.3 is 10.1 Å². The Kier molecular flexibility index (Phi) is 6.37. The lowest BCUT2D eigenvalue weighted by atomic mass is 9.92. The number of rotatable bonds is 6. The lowest BCUT2D eigenvalue weighted by Gasteiger charge is -2.23. The van der Waals surface area contributed by atoms with Gasteiger partial charge in [-0.25, -0.2) is 8.42 Å². The number of nitrogens with one attached hydrogen (secondary N) is 1. The minimum Gasteiger partial charge on any atom is -0.456 e. The van der Waals surface area contributed by atoms with Gasteiger partial charge in [0.2, 0.25) is 0 Å². The zero-order chi connectivity index (χ0) is 25.4. The van der Waals surface area contributed by atoms with Gasteiger partial charge in [0.1, 0.15) is 11.5 Å². The Bertz CT molecular complexity index is 1690. The minimum atomic E-state index is -3.97. The van der Waals surface area contributed by atoms with Gasteiger partial charge in [0, 0.05) is 50.0 Å². The number of anilines is 2. The monoisotopic (exact) mass is 515 g/mol. The van der Waals surface area contributed by atoms with Gasteiger partial charge in [-0.2, -0.15) is 0 Å². The molecule has 1 aliphatic heterocycles. The van der Waals surface area contributed by atoms with Crippen molar-refractivity contribution in [1.82, 2.24) is 0 Å². The largest absolute Gasteiger partial charge is 0.456 e. The fourth-order valence-corrected chi connectivity index (χ4v) is 5.81. The van der Waals surface area contributed by atoms with Gasteiger partial charge in [-0.05, 0) is 53.5 Å². The predicted octanol–water partition coefficient (Wildman–Crippen LogP) is 6.25. The van der Waals surface area contributed by atoms with Crippen LogP contribution in [0.25, 0.3) is 12.2 Å². The van der Waals surface area contributed by atoms with Gasteiger partial charge >= 0.3 is 0 Å². The zero-order valence-corrected chi connectivity index (χ0v) is 21.7. The number of hydrogen-bond donors (Lipinski definition) is 1. The van der Waals surface area contributed by atoms with E-state index in [1.54, 1.807) is 12.1 Å². The Labute approximate surface area is 216 Å². The van der Waals surface area contributed by atoms with Crippen LogP contribution in [0, 0.1) is 0 Å². The van der Waals surface area contributed by atoms with E-state index in [1.165, 1.54) is 17.2 Å². The van der Waals surface area contributed by atoms with Crippen LogP contribution < -0.4 is 20.5 Å². The highest BCUT2D eigenvalue weighted by Gasteiger charge is 2.25. The summed E-state index contributed by atoms with van der Waals surface area (Å²) in [5.74, 6) is 1.24. The SMILES string of the molecule is C=c1ccc2c(c1)Oc1cc(Nc3c(CC)cccc3CC)ccc1C=2c1ccccc1S(=O)(=O)Cl. The van der Waals surface area contributed by atoms with E-state index in [2.05, 4.69) is 43.9 Å². The predicted molar refractivity (Wildman–Crippen MR) is 147 cm³/mol. The van der Waals surface area contributed by atoms with E-state index in [1.807, 2.05) is 42.5 Å². The number of halogens is 1. The molecule has 0 fully saturated rings. The fourth-order valence-electron chi connectivity index (χ4n) is 4.74. The second-order valence-electron chi connectivity index (χ2n) is 8.74. The average molecular weight is 516 g/mol. The summed E-state index contributed by atoms with van der Waals surface area (Å²) >= 11 is 0. The van der Waals surface area contributed by atoms with Crippen molar-refractivity contribution in [2.24, 2.45) is 0 Å². The molecule has 4 aromatic carbocycles. The minimum absolute atomic E-state index is 0.0610. The van der Waals surface area contributed by atoms with Gasteiger partial charge in [-0.1, -0.05) is 69.0 Å². The maximum absolute atomic E-state index is 12.5. The average Bonchev–Trinajstić information content (AvgIpc) is 2.86. The second kappa shape index (κ2) is 9.49. The summed E-state index contributed by atoms with van der Waals surface area (Å²) in [6.45, 7) is 8.32. The highest BCUT2D eigenvalue weighted by atomic mass is 35.7. The molecule has 1 aliphatic rings. The molecule has 4 nitrogen and oxygen atoms in total. The molecule has 0 radical (unpaired) electrons. The van der Waals surface area contributed by atoms with Crippen LogP contribution in [0.3, 0.4) is 0 Å². The Morgan fingerprint density at radius 3 is 2.25 bits per heavy atom. The lowest BCUT2D eigenvalue weighted by Crippen LogP contribution is -2.20. The summed E-state index contributed by atoms with van der Waals surface area (Å²) in [5.41, 5.74) is 6.55. The number of hydrogen-bond acceptors (Lipinski definition) is 4. The van der Waals surface area contributed by atoms with E-state index in [0.29, 0.717) is 17.1 Å². The van der Waals surface area contributed by atoms with Crippen LogP contribution in [0.4, 0.5) is 11.4 Å². The standard InChI is InChI=1S/C30H26ClNO3S/c1-4-20-9-8-10-21(5-2)30(20)32-22-14-16-24-27(18-22)35-26-17-19(3)13-15-23(26)29(24)25-11-6-7-12-28(25)36(31,33)34/h6-18,32H,3-5H2,1-2H3. The van der Waals surface area contributed by atoms with Crippen molar-refractivity contribution in [3.63, 3.8) is 0 Å². The molecule has 1 N–H and O–H groups in total. The van der Waals surface area contributed by atoms with Crippen molar-refractivity contribution >= 4 is 43.3 Å². The molecule has 0 saturated carbocycles. The van der Waals surface area contributed by atoms with Crippen molar-refractivity contribution in [1.29, 1.82) is 0 Å². The van der Waals surface area contributed by atoms with E-state index >= 15 is 0 Å². The quantitative estimate of drug-likeness (QED) is 0.272. The first kappa shape index (κ1) is 24.2. The Morgan fingerprint density at radius 2 is 1.56 bits per heavy atom. The van der Waals surface area contributed by atoms with Crippen molar-refractivity contribution in [3.05, 3.63) is 112 Å². The third-order valence-corrected chi connectivity index (χ3v) is 7.85. The van der Waals surface area contributed by atoms with E-state index in [0.717, 1.165) is 45.8 Å². The van der Waals surface area contributed by atoms with Crippen LogP contribution in [0.2, 0.25) is 0 Å². The lowest BCUT2D eigenvalue weighted by molar-refractivity contribution is 0.472. The molecule has 0 amide bonds. The molecule has 0 spiro atoms. The van der Waals surface area contributed by atoms with Crippen molar-refractivity contribution in [3.8, 4) is 11.5 Å². The Morgan fingerprint density at radius 1 is 0.833 bits per heavy atom. The van der Waals surface area contributed by atoms with E-state index in [9.17, 15) is 8.42 Å². The summed E-state index contributed by atoms with van der Waals surface area (Å²) in [4.78, 5) is 0.0610. The topological polar surface area (TPSA) is 55.4 Å². The Balaban J connectivity index is 1.71. The molecule has 6 heteroatoms. The first-order valence-corrected chi connectivity index (χ1v) is 14.2. The van der Waals surface area contributed by atoms with Gasteiger partial charge in [-0.15, -0.1) is 0 Å². The molecule has 0 aliphatic carbocycles. The third kappa shape index (κ3) is 4.41. The van der Waals surface area contributed by atoms with Crippen LogP contribution in [-0.4, -0.2) is 8.42 Å². The van der Waals surface area contributed by atoms with E-state index in [4.69, 9.17) is 15.4 Å².